The van der Waals surface area contributed by atoms with Gasteiger partial charge in [0.05, 0.1) is 5.69 Å². The molecule has 1 aliphatic carbocycles. The molecular weight excluding hydrogens is 241 g/mol. The van der Waals surface area contributed by atoms with E-state index in [-0.39, 0.29) is 5.82 Å². The summed E-state index contributed by atoms with van der Waals surface area (Å²) in [6, 6.07) is 10.5. The van der Waals surface area contributed by atoms with Gasteiger partial charge < -0.3 is 5.32 Å². The maximum absolute atomic E-state index is 12.8. The van der Waals surface area contributed by atoms with Crippen LogP contribution in [-0.4, -0.2) is 16.2 Å². The van der Waals surface area contributed by atoms with Gasteiger partial charge in [-0.05, 0) is 49.2 Å². The molecule has 1 N–H and O–H groups in total. The molecule has 4 heteroatoms. The summed E-state index contributed by atoms with van der Waals surface area (Å²) in [6.07, 6.45) is 6.39. The summed E-state index contributed by atoms with van der Waals surface area (Å²) in [5, 5.41) is 11.7. The standard InChI is InChI=1S/C15H14FN3/c16-12-7-5-11(6-8-12)14-9-10-15(19-18-14)17-13-3-1-2-4-13/h1-2,5-10,13H,3-4H2,(H,17,19). The Labute approximate surface area is 111 Å². The van der Waals surface area contributed by atoms with Gasteiger partial charge in [-0.3, -0.25) is 0 Å². The van der Waals surface area contributed by atoms with Gasteiger partial charge in [0.1, 0.15) is 11.6 Å². The molecule has 3 nitrogen and oxygen atoms in total. The van der Waals surface area contributed by atoms with Gasteiger partial charge in [-0.15, -0.1) is 10.2 Å². The first-order chi connectivity index (χ1) is 9.31. The third-order valence-corrected chi connectivity index (χ3v) is 3.16. The predicted octanol–water partition coefficient (Wildman–Crippen LogP) is 3.41. The first-order valence-electron chi connectivity index (χ1n) is 6.32. The first kappa shape index (κ1) is 11.8. The van der Waals surface area contributed by atoms with E-state index in [9.17, 15) is 4.39 Å². The van der Waals surface area contributed by atoms with Crippen molar-refractivity contribution in [3.63, 3.8) is 0 Å². The number of anilines is 1. The molecule has 0 saturated carbocycles. The Morgan fingerprint density at radius 2 is 1.68 bits per heavy atom. The number of nitrogens with one attached hydrogen (secondary N) is 1. The van der Waals surface area contributed by atoms with Crippen LogP contribution >= 0.6 is 0 Å². The average molecular weight is 255 g/mol. The van der Waals surface area contributed by atoms with E-state index < -0.39 is 0 Å². The number of hydrogen-bond acceptors (Lipinski definition) is 3. The monoisotopic (exact) mass is 255 g/mol. The van der Waals surface area contributed by atoms with Crippen LogP contribution in [0.4, 0.5) is 10.2 Å². The van der Waals surface area contributed by atoms with E-state index in [1.807, 2.05) is 12.1 Å². The Bertz CT molecular complexity index is 567. The van der Waals surface area contributed by atoms with Crippen LogP contribution in [0, 0.1) is 5.82 Å². The molecule has 0 bridgehead atoms. The molecular formula is C15H14FN3. The zero-order valence-electron chi connectivity index (χ0n) is 10.4. The molecule has 2 aromatic rings. The summed E-state index contributed by atoms with van der Waals surface area (Å²) in [7, 11) is 0. The summed E-state index contributed by atoms with van der Waals surface area (Å²) < 4.78 is 12.8. The third-order valence-electron chi connectivity index (χ3n) is 3.16. The van der Waals surface area contributed by atoms with Crippen molar-refractivity contribution in [2.45, 2.75) is 18.9 Å². The number of hydrogen-bond donors (Lipinski definition) is 1. The Kier molecular flexibility index (Phi) is 3.23. The van der Waals surface area contributed by atoms with Gasteiger partial charge in [-0.2, -0.15) is 0 Å². The van der Waals surface area contributed by atoms with Crippen molar-refractivity contribution in [1.29, 1.82) is 0 Å². The van der Waals surface area contributed by atoms with E-state index >= 15 is 0 Å². The van der Waals surface area contributed by atoms with Gasteiger partial charge in [-0.1, -0.05) is 12.2 Å². The molecule has 0 saturated heterocycles. The number of nitrogens with zero attached hydrogens (tertiary/aromatic N) is 2. The van der Waals surface area contributed by atoms with Crippen molar-refractivity contribution in [1.82, 2.24) is 10.2 Å². The molecule has 1 aromatic heterocycles. The molecule has 0 radical (unpaired) electrons. The zero-order valence-corrected chi connectivity index (χ0v) is 10.4. The fourth-order valence-corrected chi connectivity index (χ4v) is 2.13. The predicted molar refractivity (Wildman–Crippen MR) is 73.2 cm³/mol. The molecule has 0 aliphatic heterocycles. The highest BCUT2D eigenvalue weighted by Gasteiger charge is 2.10. The third kappa shape index (κ3) is 2.78. The van der Waals surface area contributed by atoms with E-state index in [1.165, 1.54) is 12.1 Å². The number of aromatic nitrogens is 2. The van der Waals surface area contributed by atoms with Gasteiger partial charge in [-0.25, -0.2) is 4.39 Å². The molecule has 0 unspecified atom stereocenters. The lowest BCUT2D eigenvalue weighted by molar-refractivity contribution is 0.628. The van der Waals surface area contributed by atoms with E-state index in [0.29, 0.717) is 6.04 Å². The van der Waals surface area contributed by atoms with Crippen LogP contribution in [0.3, 0.4) is 0 Å². The van der Waals surface area contributed by atoms with Crippen molar-refractivity contribution < 1.29 is 4.39 Å². The lowest BCUT2D eigenvalue weighted by Crippen LogP contribution is -2.16. The molecule has 19 heavy (non-hydrogen) atoms. The van der Waals surface area contributed by atoms with Crippen molar-refractivity contribution in [3.05, 3.63) is 54.4 Å². The maximum atomic E-state index is 12.8. The van der Waals surface area contributed by atoms with Crippen LogP contribution in [0.1, 0.15) is 12.8 Å². The Balaban J connectivity index is 1.73. The number of halogens is 1. The summed E-state index contributed by atoms with van der Waals surface area (Å²) in [5.74, 6) is 0.531. The Hall–Kier alpha value is -2.23. The molecule has 0 amide bonds. The summed E-state index contributed by atoms with van der Waals surface area (Å²) in [5.41, 5.74) is 1.61. The van der Waals surface area contributed by atoms with Gasteiger partial charge in [0.2, 0.25) is 0 Å². The maximum Gasteiger partial charge on any atom is 0.148 e. The van der Waals surface area contributed by atoms with Crippen LogP contribution < -0.4 is 5.32 Å². The van der Waals surface area contributed by atoms with Crippen LogP contribution in [-0.2, 0) is 0 Å². The van der Waals surface area contributed by atoms with Crippen LogP contribution in [0.15, 0.2) is 48.6 Å². The highest BCUT2D eigenvalue weighted by Crippen LogP contribution is 2.19. The number of rotatable bonds is 3. The summed E-state index contributed by atoms with van der Waals surface area (Å²) >= 11 is 0. The Morgan fingerprint density at radius 1 is 0.947 bits per heavy atom. The van der Waals surface area contributed by atoms with Crippen molar-refractivity contribution in [2.75, 3.05) is 5.32 Å². The summed E-state index contributed by atoms with van der Waals surface area (Å²) in [6.45, 7) is 0. The van der Waals surface area contributed by atoms with E-state index in [4.69, 9.17) is 0 Å². The quantitative estimate of drug-likeness (QED) is 0.854. The fraction of sp³-hybridized carbons (Fsp3) is 0.200. The molecule has 96 valence electrons. The second-order valence-electron chi connectivity index (χ2n) is 4.59. The van der Waals surface area contributed by atoms with Gasteiger partial charge in [0.15, 0.2) is 0 Å². The van der Waals surface area contributed by atoms with E-state index in [1.54, 1.807) is 12.1 Å². The normalized spacial score (nSPS) is 14.8. The zero-order chi connectivity index (χ0) is 13.1. The smallest absolute Gasteiger partial charge is 0.148 e. The topological polar surface area (TPSA) is 37.8 Å². The first-order valence-corrected chi connectivity index (χ1v) is 6.32. The molecule has 1 heterocycles. The summed E-state index contributed by atoms with van der Waals surface area (Å²) in [4.78, 5) is 0. The fourth-order valence-electron chi connectivity index (χ4n) is 2.13. The second kappa shape index (κ2) is 5.18. The highest BCUT2D eigenvalue weighted by molar-refractivity contribution is 5.59. The van der Waals surface area contributed by atoms with E-state index in [0.717, 1.165) is 29.9 Å². The molecule has 0 fully saturated rings. The lowest BCUT2D eigenvalue weighted by Gasteiger charge is -2.12. The average Bonchev–Trinajstić information content (AvgIpc) is 2.94. The Morgan fingerprint density at radius 3 is 2.32 bits per heavy atom. The van der Waals surface area contributed by atoms with Crippen molar-refractivity contribution in [3.8, 4) is 11.3 Å². The minimum atomic E-state index is -0.247. The minimum Gasteiger partial charge on any atom is -0.365 e. The largest absolute Gasteiger partial charge is 0.365 e. The van der Waals surface area contributed by atoms with Crippen molar-refractivity contribution in [2.24, 2.45) is 0 Å². The SMILES string of the molecule is Fc1ccc(-c2ccc(NC3CC=CC3)nn2)cc1. The second-order valence-corrected chi connectivity index (χ2v) is 4.59. The number of benzene rings is 1. The molecule has 3 rings (SSSR count). The van der Waals surface area contributed by atoms with Gasteiger partial charge in [0.25, 0.3) is 0 Å². The lowest BCUT2D eigenvalue weighted by atomic mass is 10.1. The van der Waals surface area contributed by atoms with Crippen molar-refractivity contribution >= 4 is 5.82 Å². The highest BCUT2D eigenvalue weighted by atomic mass is 19.1. The molecule has 0 atom stereocenters. The van der Waals surface area contributed by atoms with Crippen LogP contribution in [0.2, 0.25) is 0 Å². The van der Waals surface area contributed by atoms with Gasteiger partial charge in [0, 0.05) is 11.6 Å². The van der Waals surface area contributed by atoms with Crippen LogP contribution in [0.25, 0.3) is 11.3 Å². The van der Waals surface area contributed by atoms with Gasteiger partial charge >= 0.3 is 0 Å². The molecule has 0 spiro atoms. The molecule has 1 aliphatic rings. The minimum absolute atomic E-state index is 0.247. The van der Waals surface area contributed by atoms with E-state index in [2.05, 4.69) is 27.7 Å². The molecule has 1 aromatic carbocycles. The van der Waals surface area contributed by atoms with Crippen LogP contribution in [0.5, 0.6) is 0 Å².